The van der Waals surface area contributed by atoms with Crippen LogP contribution in [-0.4, -0.2) is 31.6 Å². The van der Waals surface area contributed by atoms with Crippen molar-refractivity contribution in [1.29, 1.82) is 5.26 Å². The lowest BCUT2D eigenvalue weighted by Gasteiger charge is -2.07. The molecule has 130 valence electrons. The molecule has 0 aromatic heterocycles. The van der Waals surface area contributed by atoms with E-state index < -0.39 is 0 Å². The van der Waals surface area contributed by atoms with Crippen molar-refractivity contribution in [3.05, 3.63) is 29.8 Å². The molecule has 0 radical (unpaired) electrons. The van der Waals surface area contributed by atoms with E-state index in [2.05, 4.69) is 17.6 Å². The summed E-state index contributed by atoms with van der Waals surface area (Å²) in [6.45, 7) is 2.49. The fraction of sp³-hybridized carbons (Fsp3) is 0.500. The van der Waals surface area contributed by atoms with Gasteiger partial charge in [0.1, 0.15) is 13.2 Å². The first-order valence-corrected chi connectivity index (χ1v) is 8.30. The lowest BCUT2D eigenvalue weighted by molar-refractivity contribution is -0.128. The van der Waals surface area contributed by atoms with Crippen LogP contribution in [0.25, 0.3) is 0 Å². The minimum atomic E-state index is -0.341. The molecule has 2 amide bonds. The Morgan fingerprint density at radius 2 is 1.71 bits per heavy atom. The van der Waals surface area contributed by atoms with Crippen LogP contribution in [-0.2, 0) is 14.3 Å². The van der Waals surface area contributed by atoms with Gasteiger partial charge in [0.15, 0.2) is 0 Å². The topological polar surface area (TPSA) is 91.2 Å². The van der Waals surface area contributed by atoms with Crippen molar-refractivity contribution in [2.24, 2.45) is 0 Å². The number of amides is 2. The molecule has 0 unspecified atom stereocenters. The number of carbonyl (C=O) groups is 2. The smallest absolute Gasteiger partial charge is 0.250 e. The Morgan fingerprint density at radius 3 is 2.38 bits per heavy atom. The Hall–Kier alpha value is -2.39. The maximum atomic E-state index is 11.7. The van der Waals surface area contributed by atoms with Crippen LogP contribution in [0.2, 0.25) is 0 Å². The normalized spacial score (nSPS) is 10.0. The van der Waals surface area contributed by atoms with E-state index in [0.717, 1.165) is 12.8 Å². The summed E-state index contributed by atoms with van der Waals surface area (Å²) in [6, 6.07) is 8.52. The quantitative estimate of drug-likeness (QED) is 0.610. The highest BCUT2D eigenvalue weighted by molar-refractivity contribution is 5.91. The van der Waals surface area contributed by atoms with Gasteiger partial charge in [-0.3, -0.25) is 9.59 Å². The molecule has 2 N–H and O–H groups in total. The van der Waals surface area contributed by atoms with E-state index in [9.17, 15) is 9.59 Å². The van der Waals surface area contributed by atoms with Gasteiger partial charge in [-0.25, -0.2) is 0 Å². The lowest BCUT2D eigenvalue weighted by atomic mass is 10.1. The minimum Gasteiger partial charge on any atom is -0.362 e. The van der Waals surface area contributed by atoms with Gasteiger partial charge < -0.3 is 15.4 Å². The average Bonchev–Trinajstić information content (AvgIpc) is 2.58. The first-order chi connectivity index (χ1) is 11.7. The van der Waals surface area contributed by atoms with Crippen molar-refractivity contribution >= 4 is 17.5 Å². The molecule has 24 heavy (non-hydrogen) atoms. The highest BCUT2D eigenvalue weighted by Gasteiger charge is 2.05. The zero-order valence-corrected chi connectivity index (χ0v) is 14.1. The number of nitriles is 1. The van der Waals surface area contributed by atoms with Gasteiger partial charge in [-0.1, -0.05) is 32.6 Å². The van der Waals surface area contributed by atoms with Crippen molar-refractivity contribution < 1.29 is 14.3 Å². The molecule has 6 nitrogen and oxygen atoms in total. The molecule has 6 heteroatoms. The number of nitrogens with one attached hydrogen (secondary N) is 2. The maximum absolute atomic E-state index is 11.7. The van der Waals surface area contributed by atoms with Crippen LogP contribution in [0.4, 0.5) is 5.69 Å². The van der Waals surface area contributed by atoms with Crippen molar-refractivity contribution in [1.82, 2.24) is 5.32 Å². The second-order valence-corrected chi connectivity index (χ2v) is 5.49. The monoisotopic (exact) mass is 331 g/mol. The molecule has 0 spiro atoms. The number of nitrogens with zero attached hydrogens (tertiary/aromatic N) is 1. The zero-order chi connectivity index (χ0) is 17.6. The molecular formula is C18H25N3O3. The van der Waals surface area contributed by atoms with Crippen molar-refractivity contribution in [3.63, 3.8) is 0 Å². The van der Waals surface area contributed by atoms with Gasteiger partial charge in [-0.2, -0.15) is 5.26 Å². The summed E-state index contributed by atoms with van der Waals surface area (Å²) >= 11 is 0. The van der Waals surface area contributed by atoms with E-state index in [1.54, 1.807) is 24.3 Å². The van der Waals surface area contributed by atoms with Crippen LogP contribution in [0.1, 0.15) is 44.6 Å². The van der Waals surface area contributed by atoms with E-state index in [1.807, 2.05) is 6.07 Å². The van der Waals surface area contributed by atoms with Crippen LogP contribution >= 0.6 is 0 Å². The minimum absolute atomic E-state index is 0.129. The first kappa shape index (κ1) is 19.7. The summed E-state index contributed by atoms with van der Waals surface area (Å²) in [5.41, 5.74) is 1.11. The molecule has 1 aromatic carbocycles. The van der Waals surface area contributed by atoms with Crippen LogP contribution in [0.15, 0.2) is 24.3 Å². The summed E-state index contributed by atoms with van der Waals surface area (Å²) in [4.78, 5) is 23.2. The van der Waals surface area contributed by atoms with Crippen LogP contribution in [0.3, 0.4) is 0 Å². The number of hydrogen-bond donors (Lipinski definition) is 2. The number of hydrogen-bond acceptors (Lipinski definition) is 4. The summed E-state index contributed by atoms with van der Waals surface area (Å²) in [5.74, 6) is -0.552. The molecule has 0 saturated heterocycles. The summed E-state index contributed by atoms with van der Waals surface area (Å²) < 4.78 is 5.09. The Balaban J connectivity index is 2.09. The number of ether oxygens (including phenoxy) is 1. The third-order valence-electron chi connectivity index (χ3n) is 3.37. The predicted molar refractivity (Wildman–Crippen MR) is 92.4 cm³/mol. The third-order valence-corrected chi connectivity index (χ3v) is 3.37. The van der Waals surface area contributed by atoms with Crippen molar-refractivity contribution in [3.8, 4) is 6.07 Å². The van der Waals surface area contributed by atoms with Gasteiger partial charge >= 0.3 is 0 Å². The summed E-state index contributed by atoms with van der Waals surface area (Å²) in [7, 11) is 0. The number of carbonyl (C=O) groups excluding carboxylic acids is 2. The highest BCUT2D eigenvalue weighted by Crippen LogP contribution is 2.08. The van der Waals surface area contributed by atoms with E-state index >= 15 is 0 Å². The molecular weight excluding hydrogens is 306 g/mol. The fourth-order valence-corrected chi connectivity index (χ4v) is 2.07. The molecule has 1 rings (SSSR count). The van der Waals surface area contributed by atoms with Gasteiger partial charge in [-0.05, 0) is 30.7 Å². The lowest BCUT2D eigenvalue weighted by Crippen LogP contribution is -2.30. The van der Waals surface area contributed by atoms with Gasteiger partial charge in [0.05, 0.1) is 11.6 Å². The SMILES string of the molecule is CCCCCCCNC(=O)COCC(=O)Nc1ccc(C#N)cc1. The van der Waals surface area contributed by atoms with Gasteiger partial charge in [0, 0.05) is 12.2 Å². The highest BCUT2D eigenvalue weighted by atomic mass is 16.5. The first-order valence-electron chi connectivity index (χ1n) is 8.30. The van der Waals surface area contributed by atoms with E-state index in [-0.39, 0.29) is 25.0 Å². The van der Waals surface area contributed by atoms with Crippen molar-refractivity contribution in [2.75, 3.05) is 25.1 Å². The number of anilines is 1. The summed E-state index contributed by atoms with van der Waals surface area (Å²) in [5, 5.41) is 14.1. The standard InChI is InChI=1S/C18H25N3O3/c1-2-3-4-5-6-11-20-17(22)13-24-14-18(23)21-16-9-7-15(12-19)8-10-16/h7-10H,2-6,11,13-14H2,1H3,(H,20,22)(H,21,23). The largest absolute Gasteiger partial charge is 0.362 e. The Morgan fingerprint density at radius 1 is 1.04 bits per heavy atom. The van der Waals surface area contributed by atoms with Crippen molar-refractivity contribution in [2.45, 2.75) is 39.0 Å². The molecule has 0 atom stereocenters. The maximum Gasteiger partial charge on any atom is 0.250 e. The fourth-order valence-electron chi connectivity index (χ4n) is 2.07. The van der Waals surface area contributed by atoms with Gasteiger partial charge in [-0.15, -0.1) is 0 Å². The summed E-state index contributed by atoms with van der Waals surface area (Å²) in [6.07, 6.45) is 5.70. The van der Waals surface area contributed by atoms with Crippen LogP contribution in [0.5, 0.6) is 0 Å². The van der Waals surface area contributed by atoms with Crippen LogP contribution in [0, 0.1) is 11.3 Å². The number of unbranched alkanes of at least 4 members (excludes halogenated alkanes) is 4. The second-order valence-electron chi connectivity index (χ2n) is 5.49. The average molecular weight is 331 g/mol. The Bertz CT molecular complexity index is 550. The predicted octanol–water partition coefficient (Wildman–Crippen LogP) is 2.60. The molecule has 0 heterocycles. The Labute approximate surface area is 143 Å². The molecule has 0 aliphatic rings. The number of rotatable bonds is 11. The molecule has 0 fully saturated rings. The van der Waals surface area contributed by atoms with Gasteiger partial charge in [0.2, 0.25) is 11.8 Å². The van der Waals surface area contributed by atoms with E-state index in [0.29, 0.717) is 17.8 Å². The van der Waals surface area contributed by atoms with E-state index in [4.69, 9.17) is 10.00 Å². The Kier molecular flexibility index (Phi) is 9.90. The van der Waals surface area contributed by atoms with Gasteiger partial charge in [0.25, 0.3) is 0 Å². The zero-order valence-electron chi connectivity index (χ0n) is 14.1. The molecule has 1 aromatic rings. The molecule has 0 bridgehead atoms. The molecule has 0 aliphatic carbocycles. The molecule has 0 aliphatic heterocycles. The number of benzene rings is 1. The van der Waals surface area contributed by atoms with E-state index in [1.165, 1.54) is 19.3 Å². The van der Waals surface area contributed by atoms with Crippen LogP contribution < -0.4 is 10.6 Å². The molecule has 0 saturated carbocycles. The second kappa shape index (κ2) is 12.1. The third kappa shape index (κ3) is 8.91.